The van der Waals surface area contributed by atoms with Gasteiger partial charge in [-0.05, 0) is 56.7 Å². The third-order valence-electron chi connectivity index (χ3n) is 5.53. The van der Waals surface area contributed by atoms with Gasteiger partial charge in [0.1, 0.15) is 0 Å². The SMILES string of the molecule is CCC(C)(C)C(=O)OC(C(F)(F)F)C(F)(F)S(=O)(=O)[O-].c1ccc([S+](c2ccccc2)c2ccccc2)cc1. The number of carbonyl (C=O) groups is 1. The Morgan fingerprint density at radius 1 is 0.795 bits per heavy atom. The van der Waals surface area contributed by atoms with Crippen LogP contribution in [0.3, 0.4) is 0 Å². The number of hydrogen-bond acceptors (Lipinski definition) is 5. The molecule has 0 aliphatic heterocycles. The van der Waals surface area contributed by atoms with Crippen molar-refractivity contribution in [3.05, 3.63) is 91.0 Å². The summed E-state index contributed by atoms with van der Waals surface area (Å²) in [4.78, 5) is 15.5. The fourth-order valence-corrected chi connectivity index (χ4v) is 5.49. The standard InChI is InChI=1S/C18H15S.C9H13F5O5S/c1-4-10-16(11-5-1)19(17-12-6-2-7-13-17)18-14-8-3-9-15-18;1-4-7(2,3)6(15)19-5(8(10,11)12)9(13,14)20(16,17)18/h1-15H;5H,4H2,1-3H3,(H,16,17,18)/q+1;/p-1. The smallest absolute Gasteiger partial charge is 0.432 e. The van der Waals surface area contributed by atoms with Crippen molar-refractivity contribution in [1.29, 1.82) is 0 Å². The van der Waals surface area contributed by atoms with Gasteiger partial charge in [-0.3, -0.25) is 4.79 Å². The molecule has 0 spiro atoms. The Morgan fingerprint density at radius 3 is 1.38 bits per heavy atom. The molecule has 0 aliphatic rings. The van der Waals surface area contributed by atoms with Gasteiger partial charge >= 0.3 is 17.4 Å². The molecule has 3 rings (SSSR count). The van der Waals surface area contributed by atoms with Gasteiger partial charge in [0.15, 0.2) is 24.8 Å². The molecule has 0 aliphatic carbocycles. The maximum atomic E-state index is 13.0. The molecule has 0 aromatic heterocycles. The maximum absolute atomic E-state index is 13.0. The first kappa shape index (κ1) is 32.3. The normalized spacial score (nSPS) is 13.3. The zero-order valence-corrected chi connectivity index (χ0v) is 22.8. The summed E-state index contributed by atoms with van der Waals surface area (Å²) in [5.74, 6) is -1.69. The summed E-state index contributed by atoms with van der Waals surface area (Å²) < 4.78 is 97.7. The highest BCUT2D eigenvalue weighted by Crippen LogP contribution is 2.39. The van der Waals surface area contributed by atoms with Crippen LogP contribution in [0.15, 0.2) is 106 Å². The quantitative estimate of drug-likeness (QED) is 0.125. The Labute approximate surface area is 227 Å². The van der Waals surface area contributed by atoms with Gasteiger partial charge in [0.05, 0.1) is 16.3 Å². The van der Waals surface area contributed by atoms with E-state index in [1.54, 1.807) is 0 Å². The molecule has 212 valence electrons. The number of rotatable bonds is 8. The van der Waals surface area contributed by atoms with Gasteiger partial charge in [-0.25, -0.2) is 8.42 Å². The Balaban J connectivity index is 0.000000273. The molecule has 1 unspecified atom stereocenters. The zero-order valence-electron chi connectivity index (χ0n) is 21.2. The van der Waals surface area contributed by atoms with Crippen molar-refractivity contribution in [1.82, 2.24) is 0 Å². The van der Waals surface area contributed by atoms with Crippen LogP contribution in [0.25, 0.3) is 0 Å². The summed E-state index contributed by atoms with van der Waals surface area (Å²) in [6.45, 7) is 3.62. The van der Waals surface area contributed by atoms with E-state index < -0.39 is 39.0 Å². The maximum Gasteiger partial charge on any atom is 0.432 e. The summed E-state index contributed by atoms with van der Waals surface area (Å²) in [5.41, 5.74) is -1.55. The number of ether oxygens (including phenoxy) is 1. The first-order valence-corrected chi connectivity index (χ1v) is 14.2. The van der Waals surface area contributed by atoms with Crippen molar-refractivity contribution < 1.29 is 44.5 Å². The summed E-state index contributed by atoms with van der Waals surface area (Å²) >= 11 is 0. The van der Waals surface area contributed by atoms with Gasteiger partial charge < -0.3 is 9.29 Å². The lowest BCUT2D eigenvalue weighted by Crippen LogP contribution is -2.53. The van der Waals surface area contributed by atoms with E-state index in [1.807, 2.05) is 0 Å². The average molecular weight is 591 g/mol. The van der Waals surface area contributed by atoms with Crippen LogP contribution in [-0.4, -0.2) is 36.5 Å². The molecule has 0 heterocycles. The number of carbonyl (C=O) groups excluding carboxylic acids is 1. The zero-order chi connectivity index (χ0) is 29.5. The molecular formula is C27H27F5O5S2. The molecule has 0 radical (unpaired) electrons. The van der Waals surface area contributed by atoms with Crippen molar-refractivity contribution in [3.63, 3.8) is 0 Å². The lowest BCUT2D eigenvalue weighted by Gasteiger charge is -2.32. The molecular weight excluding hydrogens is 563 g/mol. The first-order valence-electron chi connectivity index (χ1n) is 11.5. The molecule has 5 nitrogen and oxygen atoms in total. The van der Waals surface area contributed by atoms with Gasteiger partial charge in [0.25, 0.3) is 6.10 Å². The topological polar surface area (TPSA) is 83.5 Å². The summed E-state index contributed by atoms with van der Waals surface area (Å²) in [6, 6.07) is 32.2. The molecule has 1 atom stereocenters. The second-order valence-corrected chi connectivity index (χ2v) is 12.3. The van der Waals surface area contributed by atoms with Crippen LogP contribution in [0, 0.1) is 5.41 Å². The number of halogens is 5. The highest BCUT2D eigenvalue weighted by Gasteiger charge is 2.63. The predicted molar refractivity (Wildman–Crippen MR) is 136 cm³/mol. The van der Waals surface area contributed by atoms with E-state index in [0.29, 0.717) is 0 Å². The van der Waals surface area contributed by atoms with E-state index in [0.717, 1.165) is 13.8 Å². The molecule has 0 fully saturated rings. The Hall–Kier alpha value is -2.96. The van der Waals surface area contributed by atoms with Gasteiger partial charge in [-0.15, -0.1) is 0 Å². The Kier molecular flexibility index (Phi) is 10.7. The molecule has 3 aromatic carbocycles. The summed E-state index contributed by atoms with van der Waals surface area (Å²) in [6.07, 6.45) is -10.3. The number of alkyl halides is 5. The third-order valence-corrected chi connectivity index (χ3v) is 8.65. The molecule has 3 aromatic rings. The fourth-order valence-electron chi connectivity index (χ4n) is 2.95. The Bertz CT molecular complexity index is 1210. The minimum Gasteiger partial charge on any atom is -0.743 e. The summed E-state index contributed by atoms with van der Waals surface area (Å²) in [7, 11) is -6.68. The molecule has 0 saturated heterocycles. The largest absolute Gasteiger partial charge is 0.743 e. The number of esters is 1. The second-order valence-electron chi connectivity index (χ2n) is 8.83. The van der Waals surface area contributed by atoms with Crippen molar-refractivity contribution in [2.45, 2.75) is 59.4 Å². The minimum absolute atomic E-state index is 0.0146. The monoisotopic (exact) mass is 590 g/mol. The van der Waals surface area contributed by atoms with E-state index in [9.17, 15) is 39.7 Å². The van der Waals surface area contributed by atoms with E-state index in [2.05, 4.69) is 95.7 Å². The number of benzene rings is 3. The lowest BCUT2D eigenvalue weighted by molar-refractivity contribution is -0.262. The van der Waals surface area contributed by atoms with E-state index in [1.165, 1.54) is 21.6 Å². The average Bonchev–Trinajstić information content (AvgIpc) is 2.88. The highest BCUT2D eigenvalue weighted by atomic mass is 32.2. The van der Waals surface area contributed by atoms with E-state index >= 15 is 0 Å². The van der Waals surface area contributed by atoms with Crippen LogP contribution in [0.2, 0.25) is 0 Å². The fraction of sp³-hybridized carbons (Fsp3) is 0.296. The van der Waals surface area contributed by atoms with Crippen LogP contribution in [0.5, 0.6) is 0 Å². The van der Waals surface area contributed by atoms with Gasteiger partial charge in [-0.1, -0.05) is 61.5 Å². The van der Waals surface area contributed by atoms with Crippen LogP contribution in [0.4, 0.5) is 22.0 Å². The third kappa shape index (κ3) is 8.51. The van der Waals surface area contributed by atoms with Crippen LogP contribution in [0.1, 0.15) is 27.2 Å². The van der Waals surface area contributed by atoms with Crippen molar-refractivity contribution >= 4 is 27.0 Å². The second kappa shape index (κ2) is 12.9. The van der Waals surface area contributed by atoms with Crippen LogP contribution < -0.4 is 0 Å². The van der Waals surface area contributed by atoms with Gasteiger partial charge in [0.2, 0.25) is 0 Å². The molecule has 0 N–H and O–H groups in total. The minimum atomic E-state index is -6.66. The van der Waals surface area contributed by atoms with Crippen molar-refractivity contribution in [2.24, 2.45) is 5.41 Å². The first-order chi connectivity index (χ1) is 18.0. The molecule has 12 heteroatoms. The predicted octanol–water partition coefficient (Wildman–Crippen LogP) is 6.82. The molecule has 0 bridgehead atoms. The van der Waals surface area contributed by atoms with Gasteiger partial charge in [0, 0.05) is 0 Å². The highest BCUT2D eigenvalue weighted by molar-refractivity contribution is 7.97. The number of hydrogen-bond donors (Lipinski definition) is 0. The van der Waals surface area contributed by atoms with Crippen LogP contribution in [-0.2, 0) is 30.5 Å². The van der Waals surface area contributed by atoms with E-state index in [4.69, 9.17) is 0 Å². The molecule has 0 amide bonds. The Morgan fingerprint density at radius 2 is 1.13 bits per heavy atom. The van der Waals surface area contributed by atoms with E-state index in [-0.39, 0.29) is 17.3 Å². The lowest BCUT2D eigenvalue weighted by atomic mass is 9.90. The summed E-state index contributed by atoms with van der Waals surface area (Å²) in [5, 5.41) is -5.81. The van der Waals surface area contributed by atoms with Crippen molar-refractivity contribution in [2.75, 3.05) is 0 Å². The molecule has 0 saturated carbocycles. The molecule has 39 heavy (non-hydrogen) atoms. The van der Waals surface area contributed by atoms with Crippen molar-refractivity contribution in [3.8, 4) is 0 Å². The van der Waals surface area contributed by atoms with Gasteiger partial charge in [-0.2, -0.15) is 22.0 Å². The van der Waals surface area contributed by atoms with Crippen LogP contribution >= 0.6 is 0 Å².